The van der Waals surface area contributed by atoms with Gasteiger partial charge in [0.15, 0.2) is 0 Å². The summed E-state index contributed by atoms with van der Waals surface area (Å²) in [5.74, 6) is 4.54. The average Bonchev–Trinajstić information content (AvgIpc) is 0.781. The van der Waals surface area contributed by atoms with Gasteiger partial charge in [0, 0.05) is 108 Å². The fraction of sp³-hybridized carbons (Fsp3) is 0.414. The number of piperidine rings is 2. The highest BCUT2D eigenvalue weighted by atomic mass is 16.5. The molecular weight excluding hydrogens is 1510 g/mol. The summed E-state index contributed by atoms with van der Waals surface area (Å²) in [7, 11) is 8.22. The van der Waals surface area contributed by atoms with Crippen molar-refractivity contribution in [2.75, 3.05) is 118 Å². The minimum atomic E-state index is -0.448. The van der Waals surface area contributed by atoms with Gasteiger partial charge in [-0.25, -0.2) is 14.4 Å². The number of rotatable bonds is 26. The SMILES string of the molecule is CCNc1nc(NCC)nc(NCC)n1.CN(c1nc(NC(C)(C)C)nc(N(C)C2CC(C)(C)NC(C)(C)C2)n1)C1CC(C)(C)NC(C)(C)C1.COC(=O)c1ccc(Nc2nc(Nc3ccc(C(=O)OC)cc3)nc(Nc3ccc(C(=O)OC)cc3)n2)cc1.Cc1ccc(Nc2nc(Nc3ccc(C)cc3)nc(Nc3ccc(C)cc3)n2)cc1. The van der Waals surface area contributed by atoms with Gasteiger partial charge in [-0.15, -0.1) is 0 Å². The summed E-state index contributed by atoms with van der Waals surface area (Å²) in [5.41, 5.74) is 9.41. The molecule has 0 unspecified atom stereocenters. The predicted octanol–water partition coefficient (Wildman–Crippen LogP) is 16.2. The average molecular weight is 1620 g/mol. The van der Waals surface area contributed by atoms with Crippen LogP contribution >= 0.6 is 0 Å². The van der Waals surface area contributed by atoms with Gasteiger partial charge in [-0.3, -0.25) is 0 Å². The van der Waals surface area contributed by atoms with Crippen LogP contribution in [0, 0.1) is 20.8 Å². The van der Waals surface area contributed by atoms with Gasteiger partial charge in [0.1, 0.15) is 0 Å². The number of anilines is 18. The van der Waals surface area contributed by atoms with Crippen LogP contribution in [-0.2, 0) is 14.2 Å². The highest BCUT2D eigenvalue weighted by Crippen LogP contribution is 2.36. The molecule has 119 heavy (non-hydrogen) atoms. The molecule has 0 saturated carbocycles. The van der Waals surface area contributed by atoms with E-state index < -0.39 is 17.9 Å². The molecule has 0 amide bonds. The molecule has 32 nitrogen and oxygen atoms in total. The fourth-order valence-corrected chi connectivity index (χ4v) is 13.8. The van der Waals surface area contributed by atoms with Crippen molar-refractivity contribution in [3.05, 3.63) is 179 Å². The Labute approximate surface area is 699 Å². The quantitative estimate of drug-likeness (QED) is 0.0177. The summed E-state index contributed by atoms with van der Waals surface area (Å²) in [6.07, 6.45) is 4.12. The molecule has 0 atom stereocenters. The molecule has 0 bridgehead atoms. The minimum Gasteiger partial charge on any atom is -0.465 e. The lowest BCUT2D eigenvalue weighted by Crippen LogP contribution is -2.62. The Morgan fingerprint density at radius 3 is 0.756 bits per heavy atom. The Bertz CT molecular complexity index is 4470. The maximum Gasteiger partial charge on any atom is 0.337 e. The number of benzene rings is 6. The Balaban J connectivity index is 0.000000188. The van der Waals surface area contributed by atoms with Crippen molar-refractivity contribution >= 4 is 123 Å². The smallest absolute Gasteiger partial charge is 0.337 e. The van der Waals surface area contributed by atoms with Gasteiger partial charge in [0.05, 0.1) is 38.0 Å². The van der Waals surface area contributed by atoms with E-state index in [0.29, 0.717) is 87.5 Å². The molecule has 2 aliphatic rings. The molecule has 0 spiro atoms. The molecule has 6 heterocycles. The van der Waals surface area contributed by atoms with Crippen LogP contribution in [0.5, 0.6) is 0 Å². The van der Waals surface area contributed by atoms with Crippen LogP contribution in [0.15, 0.2) is 146 Å². The van der Waals surface area contributed by atoms with Crippen molar-refractivity contribution < 1.29 is 28.6 Å². The van der Waals surface area contributed by atoms with E-state index in [1.54, 1.807) is 72.8 Å². The van der Waals surface area contributed by atoms with Crippen molar-refractivity contribution in [1.29, 1.82) is 0 Å². The summed E-state index contributed by atoms with van der Waals surface area (Å²) in [4.78, 5) is 94.1. The lowest BCUT2D eigenvalue weighted by atomic mass is 9.79. The van der Waals surface area contributed by atoms with Gasteiger partial charge < -0.3 is 87.8 Å². The Morgan fingerprint density at radius 2 is 0.555 bits per heavy atom. The van der Waals surface area contributed by atoms with E-state index in [0.717, 1.165) is 74.3 Å². The third kappa shape index (κ3) is 28.3. The van der Waals surface area contributed by atoms with Crippen LogP contribution in [0.1, 0.15) is 170 Å². The molecule has 32 heteroatoms. The van der Waals surface area contributed by atoms with E-state index in [4.69, 9.17) is 29.2 Å². The molecule has 4 aromatic heterocycles. The van der Waals surface area contributed by atoms with E-state index >= 15 is 0 Å². The number of hydrogen-bond donors (Lipinski definition) is 12. The first-order chi connectivity index (χ1) is 56.4. The second-order valence-corrected chi connectivity index (χ2v) is 32.8. The number of carbonyl (C=O) groups is 3. The van der Waals surface area contributed by atoms with Crippen molar-refractivity contribution in [2.45, 2.75) is 183 Å². The normalized spacial score (nSPS) is 14.3. The van der Waals surface area contributed by atoms with Crippen molar-refractivity contribution in [3.8, 4) is 0 Å². The van der Waals surface area contributed by atoms with Crippen LogP contribution in [0.2, 0.25) is 0 Å². The monoisotopic (exact) mass is 1620 g/mol. The zero-order valence-corrected chi connectivity index (χ0v) is 72.7. The third-order valence-corrected chi connectivity index (χ3v) is 18.7. The standard InChI is InChI=1S/C27H52N8.C27H24N6O6.C24H24N6.C9H18N6/c1-23(2,3)31-20-28-21(34(12)18-14-24(4,5)32-25(6,7)15-18)30-22(29-20)35(13)19-16-26(8,9)33-27(10,11)17-19;1-37-22(34)16-4-10-19(11-5-16)28-25-31-26(29-20-12-6-17(7-13-20)23(35)38-2)33-27(32-25)30-21-14-8-18(9-15-21)24(36)39-3;1-16-4-10-19(11-5-16)25-22-28-23(26-20-12-6-17(2)7-13-20)30-24(29-22)27-21-14-8-18(3)9-15-21;1-4-10-7-13-8(11-5-2)15-9(14-7)12-6-3/h18-19,32-33H,14-17H2,1-13H3,(H,28,29,30,31);4-15H,1-3H3,(H3,28,29,30,31,32,33);4-15H,1-3H3,(H3,25,26,27,28,29,30);4-6H2,1-3H3,(H3,10,11,12,13,14,15). The first kappa shape index (κ1) is 90.2. The van der Waals surface area contributed by atoms with E-state index in [1.807, 2.05) is 93.6 Å². The maximum atomic E-state index is 11.7. The van der Waals surface area contributed by atoms with Crippen molar-refractivity contribution in [2.24, 2.45) is 0 Å². The fourth-order valence-electron chi connectivity index (χ4n) is 13.8. The first-order valence-electron chi connectivity index (χ1n) is 39.8. The summed E-state index contributed by atoms with van der Waals surface area (Å²) in [6, 6.07) is 44.7. The number of hydrogen-bond acceptors (Lipinski definition) is 32. The van der Waals surface area contributed by atoms with Gasteiger partial charge in [-0.05, 0) is 253 Å². The Morgan fingerprint density at radius 1 is 0.345 bits per heavy atom. The minimum absolute atomic E-state index is 0.0477. The molecule has 2 saturated heterocycles. The van der Waals surface area contributed by atoms with Crippen molar-refractivity contribution in [1.82, 2.24) is 70.4 Å². The van der Waals surface area contributed by atoms with Crippen LogP contribution in [0.25, 0.3) is 0 Å². The number of methoxy groups -OCH3 is 3. The molecule has 12 rings (SSSR count). The number of carbonyl (C=O) groups excluding carboxylic acids is 3. The van der Waals surface area contributed by atoms with E-state index in [-0.39, 0.29) is 45.5 Å². The van der Waals surface area contributed by atoms with E-state index in [9.17, 15) is 14.4 Å². The predicted molar refractivity (Wildman–Crippen MR) is 477 cm³/mol. The van der Waals surface area contributed by atoms with Gasteiger partial charge in [-0.1, -0.05) is 53.1 Å². The topological polar surface area (TPSA) is 384 Å². The van der Waals surface area contributed by atoms with Crippen LogP contribution < -0.4 is 73.6 Å². The molecule has 632 valence electrons. The van der Waals surface area contributed by atoms with E-state index in [1.165, 1.54) is 38.0 Å². The third-order valence-electron chi connectivity index (χ3n) is 18.7. The lowest BCUT2D eigenvalue weighted by Gasteiger charge is -2.49. The maximum absolute atomic E-state index is 11.7. The van der Waals surface area contributed by atoms with Crippen LogP contribution in [-0.4, -0.2) is 173 Å². The second-order valence-electron chi connectivity index (χ2n) is 32.8. The largest absolute Gasteiger partial charge is 0.465 e. The molecular formula is C87H118N26O6. The Hall–Kier alpha value is -12.7. The summed E-state index contributed by atoms with van der Waals surface area (Å²) >= 11 is 0. The van der Waals surface area contributed by atoms with Gasteiger partial charge >= 0.3 is 17.9 Å². The van der Waals surface area contributed by atoms with Crippen LogP contribution in [0.3, 0.4) is 0 Å². The molecule has 0 aliphatic carbocycles. The molecule has 10 aromatic rings. The number of ether oxygens (including phenoxy) is 3. The van der Waals surface area contributed by atoms with Gasteiger partial charge in [0.2, 0.25) is 71.4 Å². The Kier molecular flexibility index (Phi) is 30.7. The zero-order valence-electron chi connectivity index (χ0n) is 72.7. The van der Waals surface area contributed by atoms with Crippen LogP contribution in [0.4, 0.5) is 106 Å². The number of nitrogens with zero attached hydrogens (tertiary/aromatic N) is 14. The first-order valence-corrected chi connectivity index (χ1v) is 39.8. The molecule has 0 radical (unpaired) electrons. The highest BCUT2D eigenvalue weighted by Gasteiger charge is 2.42. The zero-order chi connectivity index (χ0) is 86.4. The summed E-state index contributed by atoms with van der Waals surface area (Å²) < 4.78 is 14.2. The molecule has 2 fully saturated rings. The number of esters is 3. The summed E-state index contributed by atoms with van der Waals surface area (Å²) in [5, 5.41) is 39.3. The van der Waals surface area contributed by atoms with Gasteiger partial charge in [-0.2, -0.15) is 59.8 Å². The second kappa shape index (κ2) is 40.4. The van der Waals surface area contributed by atoms with Gasteiger partial charge in [0.25, 0.3) is 0 Å². The molecule has 2 aliphatic heterocycles. The molecule has 12 N–H and O–H groups in total. The van der Waals surface area contributed by atoms with Crippen molar-refractivity contribution in [3.63, 3.8) is 0 Å². The summed E-state index contributed by atoms with van der Waals surface area (Å²) in [6.45, 7) is 39.3. The van der Waals surface area contributed by atoms with E-state index in [2.05, 4.69) is 229 Å². The highest BCUT2D eigenvalue weighted by molar-refractivity contribution is 5.91. The number of aryl methyl sites for hydroxylation is 3. The number of aromatic nitrogens is 12. The lowest BCUT2D eigenvalue weighted by molar-refractivity contribution is 0.0592. The molecule has 6 aromatic carbocycles. The number of nitrogens with one attached hydrogen (secondary N) is 12.